The van der Waals surface area contributed by atoms with Gasteiger partial charge in [-0.15, -0.1) is 0 Å². The summed E-state index contributed by atoms with van der Waals surface area (Å²) in [5.74, 6) is 0.529. The zero-order chi connectivity index (χ0) is 22.1. The van der Waals surface area contributed by atoms with Crippen LogP contribution in [0.2, 0.25) is 0 Å². The first-order valence-electron chi connectivity index (χ1n) is 12.3. The minimum Gasteiger partial charge on any atom is -0.394 e. The van der Waals surface area contributed by atoms with E-state index in [4.69, 9.17) is 9.47 Å². The van der Waals surface area contributed by atoms with Gasteiger partial charge in [0, 0.05) is 18.8 Å². The maximum Gasteiger partial charge on any atom is 0.0854 e. The first kappa shape index (κ1) is 22.1. The summed E-state index contributed by atoms with van der Waals surface area (Å²) in [7, 11) is 0. The third kappa shape index (κ3) is 4.65. The molecule has 4 nitrogen and oxygen atoms in total. The standard InChI is InChI=1S/C28H36O4/c1-19-4-7-22(27-15-25(30)14-26(17-29)32-27)13-23(19)12-20-5-8-21(9-6-20)24-16-28(31-18-24)10-2-3-11-28/h4-9,13,24-27,29-30H,2-3,10-12,14-18H2,1H3/t24?,25?,26?,27-/m0/s1. The molecule has 1 spiro atoms. The van der Waals surface area contributed by atoms with E-state index in [9.17, 15) is 10.2 Å². The Balaban J connectivity index is 1.27. The van der Waals surface area contributed by atoms with Crippen LogP contribution in [-0.2, 0) is 15.9 Å². The predicted octanol–water partition coefficient (Wildman–Crippen LogP) is 4.98. The summed E-state index contributed by atoms with van der Waals surface area (Å²) >= 11 is 0. The third-order valence-electron chi connectivity index (χ3n) is 7.90. The molecule has 2 aromatic carbocycles. The molecule has 2 aliphatic heterocycles. The smallest absolute Gasteiger partial charge is 0.0854 e. The van der Waals surface area contributed by atoms with Crippen LogP contribution in [0.4, 0.5) is 0 Å². The molecule has 2 heterocycles. The van der Waals surface area contributed by atoms with E-state index in [0.717, 1.165) is 18.6 Å². The van der Waals surface area contributed by atoms with Gasteiger partial charge < -0.3 is 19.7 Å². The largest absolute Gasteiger partial charge is 0.394 e. The number of benzene rings is 2. The molecule has 1 saturated carbocycles. The Morgan fingerprint density at radius 3 is 2.50 bits per heavy atom. The molecule has 5 rings (SSSR count). The number of rotatable bonds is 5. The zero-order valence-corrected chi connectivity index (χ0v) is 19.1. The van der Waals surface area contributed by atoms with Crippen LogP contribution in [0.5, 0.6) is 0 Å². The highest BCUT2D eigenvalue weighted by atomic mass is 16.5. The minimum atomic E-state index is -0.425. The fourth-order valence-corrected chi connectivity index (χ4v) is 5.96. The van der Waals surface area contributed by atoms with Gasteiger partial charge in [-0.25, -0.2) is 0 Å². The van der Waals surface area contributed by atoms with Crippen LogP contribution in [0.15, 0.2) is 42.5 Å². The molecule has 4 heteroatoms. The van der Waals surface area contributed by atoms with Crippen molar-refractivity contribution >= 4 is 0 Å². The Bertz CT molecular complexity index is 916. The van der Waals surface area contributed by atoms with Crippen molar-refractivity contribution in [3.63, 3.8) is 0 Å². The predicted molar refractivity (Wildman–Crippen MR) is 125 cm³/mol. The minimum absolute atomic E-state index is 0.0498. The van der Waals surface area contributed by atoms with E-state index < -0.39 is 6.10 Å². The van der Waals surface area contributed by atoms with Gasteiger partial charge in [-0.3, -0.25) is 0 Å². The van der Waals surface area contributed by atoms with Crippen molar-refractivity contribution in [1.82, 2.24) is 0 Å². The van der Waals surface area contributed by atoms with Crippen molar-refractivity contribution in [1.29, 1.82) is 0 Å². The summed E-state index contributed by atoms with van der Waals surface area (Å²) in [6.45, 7) is 2.96. The van der Waals surface area contributed by atoms with Gasteiger partial charge in [0.2, 0.25) is 0 Å². The molecule has 0 amide bonds. The molecule has 0 bridgehead atoms. The molecular formula is C28H36O4. The highest BCUT2D eigenvalue weighted by molar-refractivity contribution is 5.37. The maximum atomic E-state index is 10.2. The Hall–Kier alpha value is -1.72. The van der Waals surface area contributed by atoms with Crippen molar-refractivity contribution in [2.24, 2.45) is 0 Å². The average molecular weight is 437 g/mol. The summed E-state index contributed by atoms with van der Waals surface area (Å²) in [5, 5.41) is 19.7. The van der Waals surface area contributed by atoms with E-state index >= 15 is 0 Å². The molecule has 0 radical (unpaired) electrons. The van der Waals surface area contributed by atoms with Gasteiger partial charge in [-0.2, -0.15) is 0 Å². The summed E-state index contributed by atoms with van der Waals surface area (Å²) in [5.41, 5.74) is 6.52. The Kier molecular flexibility index (Phi) is 6.39. The molecule has 3 aliphatic rings. The van der Waals surface area contributed by atoms with Gasteiger partial charge in [0.1, 0.15) is 0 Å². The molecule has 3 fully saturated rings. The van der Waals surface area contributed by atoms with Gasteiger partial charge in [-0.05, 0) is 60.4 Å². The highest BCUT2D eigenvalue weighted by Crippen LogP contribution is 2.46. The SMILES string of the molecule is Cc1ccc([C@@H]2CC(O)CC(CO)O2)cc1Cc1ccc(C2COC3(CCCC3)C2)cc1. The first-order valence-corrected chi connectivity index (χ1v) is 12.3. The van der Waals surface area contributed by atoms with E-state index in [1.54, 1.807) is 0 Å². The van der Waals surface area contributed by atoms with E-state index in [1.165, 1.54) is 54.4 Å². The molecule has 172 valence electrons. The van der Waals surface area contributed by atoms with Crippen molar-refractivity contribution in [2.45, 2.75) is 88.1 Å². The molecular weight excluding hydrogens is 400 g/mol. The molecule has 2 N–H and O–H groups in total. The van der Waals surface area contributed by atoms with Crippen LogP contribution >= 0.6 is 0 Å². The van der Waals surface area contributed by atoms with Crippen molar-refractivity contribution in [2.75, 3.05) is 13.2 Å². The van der Waals surface area contributed by atoms with Crippen molar-refractivity contribution in [3.8, 4) is 0 Å². The Morgan fingerprint density at radius 2 is 1.75 bits per heavy atom. The van der Waals surface area contributed by atoms with E-state index in [-0.39, 0.29) is 24.4 Å². The fraction of sp³-hybridized carbons (Fsp3) is 0.571. The molecule has 0 aromatic heterocycles. The number of aryl methyl sites for hydroxylation is 1. The molecule has 3 unspecified atom stereocenters. The van der Waals surface area contributed by atoms with Gasteiger partial charge in [-0.1, -0.05) is 55.3 Å². The molecule has 1 aliphatic carbocycles. The lowest BCUT2D eigenvalue weighted by molar-refractivity contribution is -0.113. The summed E-state index contributed by atoms with van der Waals surface area (Å²) < 4.78 is 12.3. The lowest BCUT2D eigenvalue weighted by atomic mass is 9.87. The number of aliphatic hydroxyl groups is 2. The van der Waals surface area contributed by atoms with Crippen LogP contribution in [0, 0.1) is 6.92 Å². The molecule has 2 saturated heterocycles. The van der Waals surface area contributed by atoms with Crippen LogP contribution in [-0.4, -0.2) is 41.2 Å². The lowest BCUT2D eigenvalue weighted by Crippen LogP contribution is -2.33. The van der Waals surface area contributed by atoms with Gasteiger partial charge in [0.15, 0.2) is 0 Å². The highest BCUT2D eigenvalue weighted by Gasteiger charge is 2.42. The number of hydrogen-bond acceptors (Lipinski definition) is 4. The monoisotopic (exact) mass is 436 g/mol. The number of ether oxygens (including phenoxy) is 2. The van der Waals surface area contributed by atoms with E-state index in [1.807, 2.05) is 0 Å². The summed E-state index contributed by atoms with van der Waals surface area (Å²) in [4.78, 5) is 0. The third-order valence-corrected chi connectivity index (χ3v) is 7.90. The van der Waals surface area contributed by atoms with Crippen LogP contribution in [0.3, 0.4) is 0 Å². The van der Waals surface area contributed by atoms with Gasteiger partial charge in [0.05, 0.1) is 37.1 Å². The number of aliphatic hydroxyl groups excluding tert-OH is 2. The van der Waals surface area contributed by atoms with Crippen molar-refractivity contribution < 1.29 is 19.7 Å². The van der Waals surface area contributed by atoms with Gasteiger partial charge >= 0.3 is 0 Å². The second-order valence-corrected chi connectivity index (χ2v) is 10.3. The zero-order valence-electron chi connectivity index (χ0n) is 19.1. The summed E-state index contributed by atoms with van der Waals surface area (Å²) in [6.07, 6.45) is 7.36. The lowest BCUT2D eigenvalue weighted by Gasteiger charge is -2.32. The van der Waals surface area contributed by atoms with Crippen LogP contribution in [0.1, 0.15) is 84.8 Å². The first-order chi connectivity index (χ1) is 15.5. The normalized spacial score (nSPS) is 29.6. The fourth-order valence-electron chi connectivity index (χ4n) is 5.96. The molecule has 2 aromatic rings. The quantitative estimate of drug-likeness (QED) is 0.694. The maximum absolute atomic E-state index is 10.2. The Labute approximate surface area is 191 Å². The molecule has 4 atom stereocenters. The summed E-state index contributed by atoms with van der Waals surface area (Å²) in [6, 6.07) is 15.6. The average Bonchev–Trinajstić information content (AvgIpc) is 3.45. The van der Waals surface area contributed by atoms with E-state index in [2.05, 4.69) is 49.4 Å². The number of hydrogen-bond donors (Lipinski definition) is 2. The molecule has 32 heavy (non-hydrogen) atoms. The van der Waals surface area contributed by atoms with Crippen molar-refractivity contribution in [3.05, 3.63) is 70.3 Å². The second kappa shape index (κ2) is 9.26. The van der Waals surface area contributed by atoms with Gasteiger partial charge in [0.25, 0.3) is 0 Å². The van der Waals surface area contributed by atoms with Crippen LogP contribution < -0.4 is 0 Å². The Morgan fingerprint density at radius 1 is 1.00 bits per heavy atom. The van der Waals surface area contributed by atoms with E-state index in [0.29, 0.717) is 18.8 Å². The topological polar surface area (TPSA) is 58.9 Å². The van der Waals surface area contributed by atoms with Crippen LogP contribution in [0.25, 0.3) is 0 Å². The second-order valence-electron chi connectivity index (χ2n) is 10.3.